The van der Waals surface area contributed by atoms with Crippen molar-refractivity contribution in [3.05, 3.63) is 58.1 Å². The van der Waals surface area contributed by atoms with Crippen molar-refractivity contribution in [3.63, 3.8) is 0 Å². The van der Waals surface area contributed by atoms with Crippen LogP contribution < -0.4 is 0 Å². The second-order valence-electron chi connectivity index (χ2n) is 26.6. The van der Waals surface area contributed by atoms with Gasteiger partial charge >= 0.3 is 5.97 Å². The summed E-state index contributed by atoms with van der Waals surface area (Å²) < 4.78 is 5.78. The highest BCUT2D eigenvalue weighted by Crippen LogP contribution is 2.97. The molecule has 0 amide bonds. The molecule has 0 aromatic heterocycles. The minimum atomic E-state index is -0.423. The number of benzene rings is 18. The Balaban J connectivity index is 1.14. The van der Waals surface area contributed by atoms with E-state index in [-0.39, 0.29) is 5.97 Å². The van der Waals surface area contributed by atoms with Gasteiger partial charge in [-0.25, -0.2) is 0 Å². The van der Waals surface area contributed by atoms with Gasteiger partial charge in [0.05, 0.1) is 7.11 Å². The van der Waals surface area contributed by atoms with E-state index in [1.165, 1.54) is 5.56 Å². The number of carbonyl (C=O) groups excluding carboxylic acids is 1. The number of hydrogen-bond acceptors (Lipinski definition) is 2. The van der Waals surface area contributed by atoms with Crippen LogP contribution in [-0.2, 0) is 25.8 Å². The minimum Gasteiger partial charge on any atom is -0.469 e. The molecule has 34 rings (SSSR count). The van der Waals surface area contributed by atoms with Crippen molar-refractivity contribution < 1.29 is 9.53 Å². The van der Waals surface area contributed by atoms with E-state index in [0.29, 0.717) is 6.42 Å². The van der Waals surface area contributed by atoms with Crippen LogP contribution >= 0.6 is 0 Å². The Hall–Kier alpha value is -8.85. The van der Waals surface area contributed by atoms with Gasteiger partial charge in [-0.1, -0.05) is 30.3 Å². The van der Waals surface area contributed by atoms with Gasteiger partial charge in [0.1, 0.15) is 0 Å². The lowest BCUT2D eigenvalue weighted by molar-refractivity contribution is -0.140. The molecule has 2 unspecified atom stereocenters. The summed E-state index contributed by atoms with van der Waals surface area (Å²) in [5.41, 5.74) is 6.91. The van der Waals surface area contributed by atoms with E-state index in [9.17, 15) is 4.79 Å². The van der Waals surface area contributed by atoms with Crippen LogP contribution in [0.2, 0.25) is 0 Å². The van der Waals surface area contributed by atoms with Gasteiger partial charge in [-0.05, 0) is 325 Å². The fourth-order valence-electron chi connectivity index (χ4n) is 26.8. The zero-order valence-corrected chi connectivity index (χ0v) is 37.6. The molecular weight excluding hydrogens is 885 g/mol. The number of hydrogen-bond donors (Lipinski definition) is 0. The first-order chi connectivity index (χ1) is 36.3. The topological polar surface area (TPSA) is 26.3 Å². The molecule has 308 valence electrons. The van der Waals surface area contributed by atoms with E-state index in [0.717, 1.165) is 6.42 Å². The first-order valence-corrected chi connectivity index (χ1v) is 27.2. The normalized spacial score (nSPS) is 23.7. The molecule has 29 aromatic carbocycles. The number of carbonyl (C=O) groups is 1. The first-order valence-electron chi connectivity index (χ1n) is 27.2. The smallest absolute Gasteiger partial charge is 0.305 e. The molecule has 1 fully saturated rings. The van der Waals surface area contributed by atoms with Crippen LogP contribution in [0.5, 0.6) is 0 Å². The monoisotopic (exact) mass is 896 g/mol. The van der Waals surface area contributed by atoms with Gasteiger partial charge < -0.3 is 4.74 Å². The van der Waals surface area contributed by atoms with Crippen molar-refractivity contribution in [2.45, 2.75) is 29.1 Å². The SMILES string of the molecule is COC(=O)CCC1(c2ccccc2)C23c4c5c6c7c8c9c(c%10c%11c2c2c%12c4c4c%13c5c5c7c7c8c8c%14c9c%10c9c%10c%11c2c2c%11c%12c4c4c%12c%13c5c5c7c7c8c8c%14c9c9c%10c2c2c%11c4c4c%12c5c7c5c8c9c2c45)C613. The average molecular weight is 897 g/mol. The predicted molar refractivity (Wildman–Crippen MR) is 303 cm³/mol. The number of esters is 1. The summed E-state index contributed by atoms with van der Waals surface area (Å²) in [6, 6.07) is 11.9. The van der Waals surface area contributed by atoms with Crippen LogP contribution in [0, 0.1) is 0 Å². The van der Waals surface area contributed by atoms with Crippen LogP contribution in [-0.4, -0.2) is 13.1 Å². The summed E-state index contributed by atoms with van der Waals surface area (Å²) >= 11 is 0. The fourth-order valence-corrected chi connectivity index (χ4v) is 26.8. The Bertz CT molecular complexity index is 7270. The second-order valence-corrected chi connectivity index (χ2v) is 26.6. The van der Waals surface area contributed by atoms with Crippen molar-refractivity contribution in [2.75, 3.05) is 7.11 Å². The van der Waals surface area contributed by atoms with Gasteiger partial charge in [-0.15, -0.1) is 0 Å². The van der Waals surface area contributed by atoms with Gasteiger partial charge in [0.15, 0.2) is 0 Å². The van der Waals surface area contributed by atoms with E-state index in [2.05, 4.69) is 30.3 Å². The van der Waals surface area contributed by atoms with Crippen molar-refractivity contribution in [1.29, 1.82) is 0 Å². The van der Waals surface area contributed by atoms with E-state index in [1.54, 1.807) is 320 Å². The van der Waals surface area contributed by atoms with Crippen LogP contribution in [0.25, 0.3) is 291 Å². The van der Waals surface area contributed by atoms with Crippen molar-refractivity contribution in [3.8, 4) is 0 Å². The van der Waals surface area contributed by atoms with Crippen molar-refractivity contribution in [1.82, 2.24) is 0 Å². The Labute approximate surface area is 398 Å². The maximum absolute atomic E-state index is 14.3. The molecule has 29 aromatic rings. The zero-order chi connectivity index (χ0) is 43.8. The molecule has 0 bridgehead atoms. The molecule has 2 spiro atoms. The maximum atomic E-state index is 14.3. The van der Waals surface area contributed by atoms with Crippen LogP contribution in [0.3, 0.4) is 0 Å². The summed E-state index contributed by atoms with van der Waals surface area (Å²) in [4.78, 5) is 14.3. The highest BCUT2D eigenvalue weighted by Gasteiger charge is 2.94. The second kappa shape index (κ2) is 6.28. The lowest BCUT2D eigenvalue weighted by Crippen LogP contribution is -2.27. The fraction of sp³-hybridized carbons (Fsp3) is 0.0845. The molecule has 2 nitrogen and oxygen atoms in total. The quantitative estimate of drug-likeness (QED) is 0.130. The molecule has 5 aliphatic carbocycles. The summed E-state index contributed by atoms with van der Waals surface area (Å²) in [6.45, 7) is 0. The third-order valence-electron chi connectivity index (χ3n) is 26.7. The van der Waals surface area contributed by atoms with Crippen LogP contribution in [0.15, 0.2) is 30.3 Å². The predicted octanol–water partition coefficient (Wildman–Crippen LogP) is 18.2. The molecule has 0 N–H and O–H groups in total. The first kappa shape index (κ1) is 27.7. The molecule has 0 saturated heterocycles. The number of rotatable bonds is 4. The standard InChI is InChI=1S/C71H12O2/c1-73-10(72)7-8-69(9-5-3-2-4-6-9)70-65-58-51-39-31-22-13-11-12-14-17(13)26-33(31)41-42-34(26)32-23(14)25-21-16(12)19-18-15(11)20-24(22)37(39)45-43-29(20)27(18)35-36-28(19)30(21)44-46-38(25)40(32)52-54(42)63(62(65)53(41)51)66-59(52)57(46)61-50(44)48(36)55-47(35)49(43)60(56(45)58)67(70)64(55)68(61)71(66,69)70/h2-6H,7-8H2,1H3. The molecule has 2 heteroatoms. The highest BCUT2D eigenvalue weighted by atomic mass is 16.5. The molecule has 0 radical (unpaired) electrons. The van der Waals surface area contributed by atoms with Crippen LogP contribution in [0.4, 0.5) is 0 Å². The van der Waals surface area contributed by atoms with Gasteiger partial charge in [0.25, 0.3) is 0 Å². The summed E-state index contributed by atoms with van der Waals surface area (Å²) in [5, 5.41) is 87.6. The molecule has 2 atom stereocenters. The summed E-state index contributed by atoms with van der Waals surface area (Å²) in [7, 11) is 1.62. The lowest BCUT2D eigenvalue weighted by atomic mass is 9.69. The Morgan fingerprint density at radius 2 is 0.479 bits per heavy atom. The van der Waals surface area contributed by atoms with E-state index in [1.807, 2.05) is 0 Å². The maximum Gasteiger partial charge on any atom is 0.305 e. The van der Waals surface area contributed by atoms with Gasteiger partial charge in [0.2, 0.25) is 0 Å². The third kappa shape index (κ3) is 1.46. The van der Waals surface area contributed by atoms with Crippen molar-refractivity contribution >= 4 is 297 Å². The Morgan fingerprint density at radius 3 is 0.726 bits per heavy atom. The summed E-state index contributed by atoms with van der Waals surface area (Å²) in [5.74, 6) is -0.0798. The highest BCUT2D eigenvalue weighted by molar-refractivity contribution is 6.82. The minimum absolute atomic E-state index is 0.0798. The molecule has 0 aliphatic heterocycles. The molecule has 0 heterocycles. The van der Waals surface area contributed by atoms with Crippen LogP contribution in [0.1, 0.15) is 40.7 Å². The largest absolute Gasteiger partial charge is 0.469 e. The molecule has 5 aliphatic rings. The molecule has 73 heavy (non-hydrogen) atoms. The molecular formula is C71H12O2. The average Bonchev–Trinajstić information content (AvgIpc) is 4.38. The third-order valence-corrected chi connectivity index (χ3v) is 26.7. The van der Waals surface area contributed by atoms with Gasteiger partial charge in [0, 0.05) is 22.7 Å². The molecule has 1 saturated carbocycles. The Morgan fingerprint density at radius 1 is 0.288 bits per heavy atom. The van der Waals surface area contributed by atoms with Crippen molar-refractivity contribution in [2.24, 2.45) is 0 Å². The lowest BCUT2D eigenvalue weighted by Gasteiger charge is -2.33. The zero-order valence-electron chi connectivity index (χ0n) is 37.6. The van der Waals surface area contributed by atoms with E-state index in [4.69, 9.17) is 4.74 Å². The number of ether oxygens (including phenoxy) is 1. The summed E-state index contributed by atoms with van der Waals surface area (Å²) in [6.07, 6.45) is 1.15. The van der Waals surface area contributed by atoms with E-state index < -0.39 is 16.2 Å². The van der Waals surface area contributed by atoms with E-state index >= 15 is 0 Å². The Kier molecular flexibility index (Phi) is 2.38. The number of methoxy groups -OCH3 is 1. The van der Waals surface area contributed by atoms with Gasteiger partial charge in [-0.2, -0.15) is 0 Å². The van der Waals surface area contributed by atoms with Gasteiger partial charge in [-0.3, -0.25) is 4.79 Å².